The molecule has 0 aromatic rings. The van der Waals surface area contributed by atoms with Gasteiger partial charge in [-0.25, -0.2) is 0 Å². The molecule has 0 aliphatic carbocycles. The van der Waals surface area contributed by atoms with E-state index in [0.717, 1.165) is 12.8 Å². The van der Waals surface area contributed by atoms with E-state index >= 15 is 0 Å². The highest BCUT2D eigenvalue weighted by atomic mass is 16.3. The van der Waals surface area contributed by atoms with Crippen molar-refractivity contribution in [2.75, 3.05) is 0 Å². The summed E-state index contributed by atoms with van der Waals surface area (Å²) >= 11 is 0. The summed E-state index contributed by atoms with van der Waals surface area (Å²) in [4.78, 5) is 0. The summed E-state index contributed by atoms with van der Waals surface area (Å²) in [5.41, 5.74) is 0.819. The molecule has 1 N–H and O–H groups in total. The lowest BCUT2D eigenvalue weighted by molar-refractivity contribution is 0.0680. The number of hydrogen-bond donors (Lipinski definition) is 1. The second-order valence-electron chi connectivity index (χ2n) is 5.04. The van der Waals surface area contributed by atoms with Crippen molar-refractivity contribution in [3.63, 3.8) is 0 Å². The Kier molecular flexibility index (Phi) is 6.90. The lowest BCUT2D eigenvalue weighted by Crippen LogP contribution is -2.17. The van der Waals surface area contributed by atoms with Gasteiger partial charge in [0.2, 0.25) is 0 Å². The van der Waals surface area contributed by atoms with E-state index in [1.165, 1.54) is 37.7 Å². The first-order valence-electron chi connectivity index (χ1n) is 5.78. The van der Waals surface area contributed by atoms with Crippen LogP contribution in [0.3, 0.4) is 0 Å². The Morgan fingerprint density at radius 3 is 2.07 bits per heavy atom. The van der Waals surface area contributed by atoms with Crippen LogP contribution < -0.4 is 0 Å². The molecule has 0 amide bonds. The van der Waals surface area contributed by atoms with Gasteiger partial charge in [0.15, 0.2) is 0 Å². The third kappa shape index (κ3) is 11.7. The molecule has 0 bridgehead atoms. The van der Waals surface area contributed by atoms with E-state index in [4.69, 9.17) is 0 Å². The molecule has 1 heteroatoms. The van der Waals surface area contributed by atoms with Crippen molar-refractivity contribution in [1.82, 2.24) is 0 Å². The molecular weight excluding hydrogens is 172 g/mol. The molecular formula is C13H26O. The molecule has 0 heterocycles. The standard InChI is InChI=1S/C13H26O/c1-12(2)10-8-6-5-7-9-11-13(3,4)14/h14H,1,5-11H2,2-4H3. The van der Waals surface area contributed by atoms with Gasteiger partial charge in [-0.1, -0.05) is 31.3 Å². The van der Waals surface area contributed by atoms with Gasteiger partial charge in [0.1, 0.15) is 0 Å². The monoisotopic (exact) mass is 198 g/mol. The quantitative estimate of drug-likeness (QED) is 0.460. The summed E-state index contributed by atoms with van der Waals surface area (Å²) in [6, 6.07) is 0. The number of hydrogen-bond acceptors (Lipinski definition) is 1. The fourth-order valence-electron chi connectivity index (χ4n) is 1.51. The highest BCUT2D eigenvalue weighted by Gasteiger charge is 2.10. The molecule has 0 aromatic heterocycles. The minimum absolute atomic E-state index is 0.474. The lowest BCUT2D eigenvalue weighted by atomic mass is 9.99. The van der Waals surface area contributed by atoms with Crippen molar-refractivity contribution >= 4 is 0 Å². The summed E-state index contributed by atoms with van der Waals surface area (Å²) in [7, 11) is 0. The Labute approximate surface area is 89.2 Å². The minimum atomic E-state index is -0.474. The number of aliphatic hydroxyl groups is 1. The highest BCUT2D eigenvalue weighted by Crippen LogP contribution is 2.15. The molecule has 0 rings (SSSR count). The third-order valence-electron chi connectivity index (χ3n) is 2.39. The summed E-state index contributed by atoms with van der Waals surface area (Å²) in [5, 5.41) is 9.48. The Morgan fingerprint density at radius 2 is 1.57 bits per heavy atom. The van der Waals surface area contributed by atoms with Crippen LogP contribution in [-0.2, 0) is 0 Å². The van der Waals surface area contributed by atoms with Crippen LogP contribution in [0.2, 0.25) is 0 Å². The van der Waals surface area contributed by atoms with Gasteiger partial charge in [0, 0.05) is 0 Å². The second kappa shape index (κ2) is 7.05. The maximum atomic E-state index is 9.48. The first-order chi connectivity index (χ1) is 6.42. The van der Waals surface area contributed by atoms with E-state index in [9.17, 15) is 5.11 Å². The maximum absolute atomic E-state index is 9.48. The molecule has 0 aromatic carbocycles. The van der Waals surface area contributed by atoms with Gasteiger partial charge in [0.25, 0.3) is 0 Å². The third-order valence-corrected chi connectivity index (χ3v) is 2.39. The molecule has 0 unspecified atom stereocenters. The van der Waals surface area contributed by atoms with E-state index in [1.54, 1.807) is 0 Å². The van der Waals surface area contributed by atoms with Gasteiger partial charge in [-0.3, -0.25) is 0 Å². The van der Waals surface area contributed by atoms with Crippen LogP contribution >= 0.6 is 0 Å². The maximum Gasteiger partial charge on any atom is 0.0591 e. The average Bonchev–Trinajstić information content (AvgIpc) is 2.00. The zero-order valence-corrected chi connectivity index (χ0v) is 10.1. The Balaban J connectivity index is 3.11. The van der Waals surface area contributed by atoms with Crippen molar-refractivity contribution in [3.8, 4) is 0 Å². The van der Waals surface area contributed by atoms with Crippen LogP contribution in [0.1, 0.15) is 65.7 Å². The van der Waals surface area contributed by atoms with Gasteiger partial charge in [0.05, 0.1) is 5.60 Å². The average molecular weight is 198 g/mol. The number of rotatable bonds is 8. The largest absolute Gasteiger partial charge is 0.390 e. The van der Waals surface area contributed by atoms with Crippen molar-refractivity contribution in [2.45, 2.75) is 71.3 Å². The van der Waals surface area contributed by atoms with Crippen molar-refractivity contribution < 1.29 is 5.11 Å². The summed E-state index contributed by atoms with van der Waals surface area (Å²) in [6.07, 6.45) is 8.37. The first kappa shape index (κ1) is 13.7. The smallest absolute Gasteiger partial charge is 0.0591 e. The summed E-state index contributed by atoms with van der Waals surface area (Å²) < 4.78 is 0. The van der Waals surface area contributed by atoms with Gasteiger partial charge >= 0.3 is 0 Å². The van der Waals surface area contributed by atoms with Crippen LogP contribution in [0.4, 0.5) is 0 Å². The molecule has 0 saturated carbocycles. The lowest BCUT2D eigenvalue weighted by Gasteiger charge is -2.16. The Morgan fingerprint density at radius 1 is 1.07 bits per heavy atom. The Hall–Kier alpha value is -0.300. The predicted molar refractivity (Wildman–Crippen MR) is 63.4 cm³/mol. The Bertz CT molecular complexity index is 153. The summed E-state index contributed by atoms with van der Waals surface area (Å²) in [6.45, 7) is 9.75. The molecule has 14 heavy (non-hydrogen) atoms. The molecule has 0 atom stereocenters. The van der Waals surface area contributed by atoms with E-state index in [0.29, 0.717) is 0 Å². The molecule has 84 valence electrons. The van der Waals surface area contributed by atoms with Crippen LogP contribution in [0.5, 0.6) is 0 Å². The van der Waals surface area contributed by atoms with E-state index in [-0.39, 0.29) is 0 Å². The van der Waals surface area contributed by atoms with Gasteiger partial charge in [-0.15, -0.1) is 6.58 Å². The van der Waals surface area contributed by atoms with Crippen LogP contribution in [0, 0.1) is 0 Å². The fourth-order valence-corrected chi connectivity index (χ4v) is 1.51. The molecule has 0 aliphatic rings. The molecule has 0 spiro atoms. The number of allylic oxidation sites excluding steroid dienone is 1. The van der Waals surface area contributed by atoms with E-state index < -0.39 is 5.60 Å². The first-order valence-corrected chi connectivity index (χ1v) is 5.78. The second-order valence-corrected chi connectivity index (χ2v) is 5.04. The molecule has 1 nitrogen and oxygen atoms in total. The topological polar surface area (TPSA) is 20.2 Å². The molecule has 0 radical (unpaired) electrons. The summed E-state index contributed by atoms with van der Waals surface area (Å²) in [5.74, 6) is 0. The SMILES string of the molecule is C=C(C)CCCCCCCC(C)(C)O. The minimum Gasteiger partial charge on any atom is -0.390 e. The van der Waals surface area contributed by atoms with Crippen LogP contribution in [-0.4, -0.2) is 10.7 Å². The zero-order chi connectivity index (χ0) is 11.0. The molecule has 0 aliphatic heterocycles. The normalized spacial score (nSPS) is 11.7. The highest BCUT2D eigenvalue weighted by molar-refractivity contribution is 4.86. The van der Waals surface area contributed by atoms with Gasteiger partial charge < -0.3 is 5.11 Å². The molecule has 0 fully saturated rings. The fraction of sp³-hybridized carbons (Fsp3) is 0.846. The van der Waals surface area contributed by atoms with Crippen molar-refractivity contribution in [3.05, 3.63) is 12.2 Å². The van der Waals surface area contributed by atoms with E-state index in [1.807, 2.05) is 13.8 Å². The van der Waals surface area contributed by atoms with Crippen LogP contribution in [0.25, 0.3) is 0 Å². The number of unbranched alkanes of at least 4 members (excludes halogenated alkanes) is 4. The van der Waals surface area contributed by atoms with Gasteiger partial charge in [-0.05, 0) is 40.0 Å². The van der Waals surface area contributed by atoms with Crippen LogP contribution in [0.15, 0.2) is 12.2 Å². The predicted octanol–water partition coefficient (Wildman–Crippen LogP) is 4.06. The van der Waals surface area contributed by atoms with Gasteiger partial charge in [-0.2, -0.15) is 0 Å². The van der Waals surface area contributed by atoms with Crippen molar-refractivity contribution in [1.29, 1.82) is 0 Å². The molecule has 0 saturated heterocycles. The zero-order valence-electron chi connectivity index (χ0n) is 10.1. The van der Waals surface area contributed by atoms with Crippen molar-refractivity contribution in [2.24, 2.45) is 0 Å². The van der Waals surface area contributed by atoms with E-state index in [2.05, 4.69) is 13.5 Å².